The molecule has 37 heavy (non-hydrogen) atoms. The maximum Gasteiger partial charge on any atom is 0.225 e. The number of hydrogen-bond acceptors (Lipinski definition) is 6. The van der Waals surface area contributed by atoms with Crippen molar-refractivity contribution in [2.75, 3.05) is 52.6 Å². The van der Waals surface area contributed by atoms with E-state index in [1.165, 1.54) is 10.4 Å². The molecule has 6 nitrogen and oxygen atoms in total. The first-order valence-corrected chi connectivity index (χ1v) is 14.1. The van der Waals surface area contributed by atoms with E-state index in [-0.39, 0.29) is 17.6 Å². The highest BCUT2D eigenvalue weighted by molar-refractivity contribution is 7.10. The van der Waals surface area contributed by atoms with Gasteiger partial charge in [-0.2, -0.15) is 0 Å². The molecule has 1 amide bonds. The molecule has 1 aliphatic heterocycles. The molecule has 0 spiro atoms. The number of likely N-dealkylation sites (tertiary alicyclic amines) is 1. The van der Waals surface area contributed by atoms with Gasteiger partial charge >= 0.3 is 0 Å². The Balaban J connectivity index is 1.32. The number of piperidine rings is 1. The Hall–Kier alpha value is -2.71. The van der Waals surface area contributed by atoms with Crippen molar-refractivity contribution < 1.29 is 9.53 Å². The highest BCUT2D eigenvalue weighted by atomic mass is 32.1. The van der Waals surface area contributed by atoms with Crippen LogP contribution in [0.5, 0.6) is 5.75 Å². The fourth-order valence-electron chi connectivity index (χ4n) is 5.20. The molecule has 0 aliphatic carbocycles. The van der Waals surface area contributed by atoms with Crippen molar-refractivity contribution >= 4 is 22.9 Å². The molecule has 3 aromatic rings. The molecule has 2 heterocycles. The van der Waals surface area contributed by atoms with Crippen molar-refractivity contribution in [2.24, 2.45) is 0 Å². The number of carbonyl (C=O) groups excluding carboxylic acids is 1. The molecule has 0 bridgehead atoms. The van der Waals surface area contributed by atoms with E-state index in [2.05, 4.69) is 76.3 Å². The molecule has 1 fully saturated rings. The highest BCUT2D eigenvalue weighted by Crippen LogP contribution is 2.37. The van der Waals surface area contributed by atoms with Gasteiger partial charge in [-0.25, -0.2) is 0 Å². The first-order valence-electron chi connectivity index (χ1n) is 13.2. The summed E-state index contributed by atoms with van der Waals surface area (Å²) in [6.07, 6.45) is 3.37. The summed E-state index contributed by atoms with van der Waals surface area (Å²) in [5, 5.41) is 8.39. The van der Waals surface area contributed by atoms with Crippen LogP contribution in [0, 0.1) is 0 Å². The van der Waals surface area contributed by atoms with Crippen molar-refractivity contribution in [1.29, 1.82) is 0 Å². The zero-order valence-corrected chi connectivity index (χ0v) is 23.1. The van der Waals surface area contributed by atoms with Gasteiger partial charge in [0.1, 0.15) is 11.9 Å². The summed E-state index contributed by atoms with van der Waals surface area (Å²) >= 11 is 1.70. The molecule has 0 radical (unpaired) electrons. The van der Waals surface area contributed by atoms with Gasteiger partial charge in [0, 0.05) is 42.9 Å². The first-order chi connectivity index (χ1) is 18.0. The summed E-state index contributed by atoms with van der Waals surface area (Å²) in [4.78, 5) is 18.9. The number of para-hydroxylation sites is 2. The molecule has 4 rings (SSSR count). The highest BCUT2D eigenvalue weighted by Gasteiger charge is 2.38. The topological polar surface area (TPSA) is 56.8 Å². The average molecular weight is 521 g/mol. The van der Waals surface area contributed by atoms with Crippen LogP contribution in [0.25, 0.3) is 0 Å². The maximum atomic E-state index is 12.9. The molecular formula is C30H40N4O2S. The zero-order valence-electron chi connectivity index (χ0n) is 22.3. The maximum absolute atomic E-state index is 12.9. The van der Waals surface area contributed by atoms with Crippen LogP contribution in [0.15, 0.2) is 72.1 Å². The molecular weight excluding hydrogens is 480 g/mol. The minimum atomic E-state index is -0.0552. The number of ether oxygens (including phenoxy) is 1. The van der Waals surface area contributed by atoms with Crippen LogP contribution in [-0.2, 0) is 10.3 Å². The van der Waals surface area contributed by atoms with E-state index in [4.69, 9.17) is 4.74 Å². The number of amides is 1. The van der Waals surface area contributed by atoms with Crippen LogP contribution >= 0.6 is 11.3 Å². The first kappa shape index (κ1) is 27.3. The van der Waals surface area contributed by atoms with E-state index in [0.717, 1.165) is 51.1 Å². The van der Waals surface area contributed by atoms with Crippen molar-refractivity contribution in [2.45, 2.75) is 37.3 Å². The second-order valence-corrected chi connectivity index (χ2v) is 10.9. The predicted octanol–water partition coefficient (Wildman–Crippen LogP) is 5.36. The molecule has 2 aromatic carbocycles. The van der Waals surface area contributed by atoms with Crippen LogP contribution < -0.4 is 15.4 Å². The van der Waals surface area contributed by atoms with Gasteiger partial charge in [0.15, 0.2) is 0 Å². The Kier molecular flexibility index (Phi) is 9.75. The molecule has 1 saturated heterocycles. The van der Waals surface area contributed by atoms with E-state index in [1.807, 2.05) is 37.4 Å². The molecule has 198 valence electrons. The number of nitrogens with zero attached hydrogens (tertiary/aromatic N) is 2. The third-order valence-corrected chi connectivity index (χ3v) is 8.42. The lowest BCUT2D eigenvalue weighted by atomic mass is 9.80. The molecule has 7 heteroatoms. The fourth-order valence-corrected chi connectivity index (χ4v) is 5.99. The fraction of sp³-hybridized carbons (Fsp3) is 0.433. The predicted molar refractivity (Wildman–Crippen MR) is 153 cm³/mol. The third kappa shape index (κ3) is 6.99. The number of benzene rings is 2. The number of thiophene rings is 1. The summed E-state index contributed by atoms with van der Waals surface area (Å²) in [5.41, 5.74) is 2.17. The number of anilines is 1. The van der Waals surface area contributed by atoms with Gasteiger partial charge in [-0.3, -0.25) is 9.69 Å². The molecule has 0 unspecified atom stereocenters. The van der Waals surface area contributed by atoms with E-state index >= 15 is 0 Å². The summed E-state index contributed by atoms with van der Waals surface area (Å²) in [7, 11) is 6.30. The normalized spacial score (nSPS) is 16.4. The van der Waals surface area contributed by atoms with Crippen LogP contribution in [0.1, 0.15) is 42.2 Å². The molecule has 1 aromatic heterocycles. The Labute approximate surface area is 225 Å². The van der Waals surface area contributed by atoms with E-state index in [1.54, 1.807) is 11.3 Å². The summed E-state index contributed by atoms with van der Waals surface area (Å²) in [6.45, 7) is 3.57. The van der Waals surface area contributed by atoms with E-state index < -0.39 is 0 Å². The summed E-state index contributed by atoms with van der Waals surface area (Å²) in [6, 6.07) is 22.7. The lowest BCUT2D eigenvalue weighted by molar-refractivity contribution is -0.116. The Morgan fingerprint density at radius 3 is 2.46 bits per heavy atom. The van der Waals surface area contributed by atoms with Gasteiger partial charge in [0.2, 0.25) is 5.91 Å². The second-order valence-electron chi connectivity index (χ2n) is 9.94. The summed E-state index contributed by atoms with van der Waals surface area (Å²) in [5.74, 6) is 0.730. The molecule has 0 saturated carbocycles. The lowest BCUT2D eigenvalue weighted by Crippen LogP contribution is -2.50. The van der Waals surface area contributed by atoms with Crippen LogP contribution in [0.2, 0.25) is 0 Å². The van der Waals surface area contributed by atoms with Crippen LogP contribution in [0.3, 0.4) is 0 Å². The molecule has 1 aliphatic rings. The van der Waals surface area contributed by atoms with Gasteiger partial charge in [-0.05, 0) is 69.7 Å². The van der Waals surface area contributed by atoms with E-state index in [0.29, 0.717) is 12.2 Å². The van der Waals surface area contributed by atoms with Crippen LogP contribution in [0.4, 0.5) is 5.69 Å². The average Bonchev–Trinajstić information content (AvgIpc) is 3.46. The zero-order chi connectivity index (χ0) is 26.1. The minimum Gasteiger partial charge on any atom is -0.483 e. The molecule has 1 atom stereocenters. The van der Waals surface area contributed by atoms with Gasteiger partial charge in [0.05, 0.1) is 5.69 Å². The number of rotatable bonds is 12. The number of nitrogens with one attached hydrogen (secondary N) is 2. The number of carbonyl (C=O) groups is 1. The largest absolute Gasteiger partial charge is 0.483 e. The van der Waals surface area contributed by atoms with E-state index in [9.17, 15) is 4.79 Å². The van der Waals surface area contributed by atoms with Crippen molar-refractivity contribution in [3.8, 4) is 5.75 Å². The number of hydrogen-bond donors (Lipinski definition) is 2. The smallest absolute Gasteiger partial charge is 0.225 e. The van der Waals surface area contributed by atoms with Crippen molar-refractivity contribution in [3.05, 3.63) is 82.6 Å². The third-order valence-electron chi connectivity index (χ3n) is 7.45. The SMILES string of the molecule is CNCC[C@@H](Oc1ccccc1NC(=O)CCN1CCC(c2ccccc2)(N(C)C)CC1)c1cccs1. The second kappa shape index (κ2) is 13.2. The Morgan fingerprint density at radius 1 is 1.05 bits per heavy atom. The minimum absolute atomic E-state index is 0.0199. The standard InChI is InChI=1S/C30H40N4O2S/c1-31-19-15-27(28-14-9-23-37-28)36-26-13-8-7-12-25(26)32-29(35)16-20-34-21-17-30(18-22-34,33(2)3)24-10-5-4-6-11-24/h4-14,23,27,31H,15-22H2,1-3H3,(H,32,35)/t27-/m1/s1. The summed E-state index contributed by atoms with van der Waals surface area (Å²) < 4.78 is 6.42. The van der Waals surface area contributed by atoms with Crippen LogP contribution in [-0.4, -0.2) is 63.0 Å². The Bertz CT molecular complexity index is 1100. The Morgan fingerprint density at radius 2 is 1.78 bits per heavy atom. The lowest BCUT2D eigenvalue weighted by Gasteiger charge is -2.46. The van der Waals surface area contributed by atoms with Gasteiger partial charge in [0.25, 0.3) is 0 Å². The van der Waals surface area contributed by atoms with Crippen molar-refractivity contribution in [3.63, 3.8) is 0 Å². The quantitative estimate of drug-likeness (QED) is 0.337. The van der Waals surface area contributed by atoms with Gasteiger partial charge in [-0.15, -0.1) is 11.3 Å². The molecule has 2 N–H and O–H groups in total. The van der Waals surface area contributed by atoms with Gasteiger partial charge in [-0.1, -0.05) is 48.5 Å². The van der Waals surface area contributed by atoms with Gasteiger partial charge < -0.3 is 20.3 Å². The van der Waals surface area contributed by atoms with Crippen molar-refractivity contribution in [1.82, 2.24) is 15.1 Å². The monoisotopic (exact) mass is 520 g/mol.